The van der Waals surface area contributed by atoms with Crippen molar-refractivity contribution in [3.05, 3.63) is 36.0 Å². The Morgan fingerprint density at radius 1 is 1.24 bits per heavy atom. The zero-order chi connectivity index (χ0) is 15.6. The van der Waals surface area contributed by atoms with Crippen molar-refractivity contribution in [1.82, 2.24) is 10.3 Å². The van der Waals surface area contributed by atoms with E-state index in [1.807, 2.05) is 18.3 Å². The van der Waals surface area contributed by atoms with Gasteiger partial charge < -0.3 is 15.0 Å². The first-order chi connectivity index (χ1) is 9.76. The maximum absolute atomic E-state index is 12.2. The molecule has 0 saturated heterocycles. The van der Waals surface area contributed by atoms with Crippen molar-refractivity contribution in [1.29, 1.82) is 0 Å². The van der Waals surface area contributed by atoms with Crippen LogP contribution in [0.4, 0.5) is 0 Å². The van der Waals surface area contributed by atoms with Gasteiger partial charge in [-0.1, -0.05) is 6.07 Å². The Kier molecular flexibility index (Phi) is 4.02. The molecule has 1 amide bonds. The largest absolute Gasteiger partial charge is 0.458 e. The minimum Gasteiger partial charge on any atom is -0.458 e. The SMILES string of the molecule is C[C@H](NC(=O)c1ccc2cc[nH]c2c1)C(=O)OC(C)(C)C. The lowest BCUT2D eigenvalue weighted by Crippen LogP contribution is -2.42. The van der Waals surface area contributed by atoms with Crippen LogP contribution in [0.15, 0.2) is 30.5 Å². The van der Waals surface area contributed by atoms with E-state index in [0.29, 0.717) is 5.56 Å². The highest BCUT2D eigenvalue weighted by Gasteiger charge is 2.23. The summed E-state index contributed by atoms with van der Waals surface area (Å²) in [6.07, 6.45) is 1.82. The van der Waals surface area contributed by atoms with E-state index in [0.717, 1.165) is 10.9 Å². The minimum absolute atomic E-state index is 0.301. The third-order valence-electron chi connectivity index (χ3n) is 2.93. The zero-order valence-electron chi connectivity index (χ0n) is 12.7. The van der Waals surface area contributed by atoms with Crippen molar-refractivity contribution in [2.24, 2.45) is 0 Å². The van der Waals surface area contributed by atoms with E-state index < -0.39 is 17.6 Å². The lowest BCUT2D eigenvalue weighted by Gasteiger charge is -2.22. The molecule has 0 aliphatic carbocycles. The molecule has 0 unspecified atom stereocenters. The fourth-order valence-corrected chi connectivity index (χ4v) is 1.92. The highest BCUT2D eigenvalue weighted by molar-refractivity contribution is 5.99. The van der Waals surface area contributed by atoms with E-state index in [4.69, 9.17) is 4.74 Å². The van der Waals surface area contributed by atoms with E-state index in [1.165, 1.54) is 0 Å². The van der Waals surface area contributed by atoms with Gasteiger partial charge in [-0.05, 0) is 51.3 Å². The summed E-state index contributed by atoms with van der Waals surface area (Å²) in [5, 5.41) is 3.68. The molecule has 0 aliphatic rings. The highest BCUT2D eigenvalue weighted by Crippen LogP contribution is 2.14. The van der Waals surface area contributed by atoms with Gasteiger partial charge in [0.05, 0.1) is 0 Å². The number of fused-ring (bicyclic) bond motifs is 1. The Morgan fingerprint density at radius 2 is 1.95 bits per heavy atom. The standard InChI is InChI=1S/C16H20N2O3/c1-10(15(20)21-16(2,3)4)18-14(19)12-6-5-11-7-8-17-13(11)9-12/h5-10,17H,1-4H3,(H,18,19)/t10-/m0/s1. The molecule has 5 nitrogen and oxygen atoms in total. The number of carbonyl (C=O) groups is 2. The summed E-state index contributed by atoms with van der Waals surface area (Å²) in [5.74, 6) is -0.748. The molecule has 0 fully saturated rings. The van der Waals surface area contributed by atoms with Gasteiger partial charge in [-0.3, -0.25) is 4.79 Å². The van der Waals surface area contributed by atoms with Crippen molar-refractivity contribution < 1.29 is 14.3 Å². The Hall–Kier alpha value is -2.30. The smallest absolute Gasteiger partial charge is 0.328 e. The van der Waals surface area contributed by atoms with Gasteiger partial charge in [0.15, 0.2) is 0 Å². The molecule has 1 aromatic heterocycles. The van der Waals surface area contributed by atoms with E-state index in [1.54, 1.807) is 39.8 Å². The normalized spacial score (nSPS) is 13.0. The molecule has 2 N–H and O–H groups in total. The first-order valence-electron chi connectivity index (χ1n) is 6.87. The Bertz CT molecular complexity index is 667. The lowest BCUT2D eigenvalue weighted by atomic mass is 10.1. The molecule has 0 aliphatic heterocycles. The van der Waals surface area contributed by atoms with E-state index in [2.05, 4.69) is 10.3 Å². The van der Waals surface area contributed by atoms with Crippen LogP contribution in [0, 0.1) is 0 Å². The second-order valence-corrected chi connectivity index (χ2v) is 6.01. The second kappa shape index (κ2) is 5.60. The number of rotatable bonds is 3. The van der Waals surface area contributed by atoms with Gasteiger partial charge in [0.2, 0.25) is 0 Å². The average molecular weight is 288 g/mol. The van der Waals surface area contributed by atoms with E-state index in [9.17, 15) is 9.59 Å². The summed E-state index contributed by atoms with van der Waals surface area (Å²) < 4.78 is 5.23. The van der Waals surface area contributed by atoms with Crippen molar-refractivity contribution in [2.75, 3.05) is 0 Å². The van der Waals surface area contributed by atoms with E-state index in [-0.39, 0.29) is 5.91 Å². The first-order valence-corrected chi connectivity index (χ1v) is 6.87. The van der Waals surface area contributed by atoms with Gasteiger partial charge >= 0.3 is 5.97 Å². The summed E-state index contributed by atoms with van der Waals surface area (Å²) in [7, 11) is 0. The lowest BCUT2D eigenvalue weighted by molar-refractivity contribution is -0.156. The Morgan fingerprint density at radius 3 is 2.62 bits per heavy atom. The third kappa shape index (κ3) is 3.84. The van der Waals surface area contributed by atoms with Crippen LogP contribution in [-0.4, -0.2) is 28.5 Å². The topological polar surface area (TPSA) is 71.2 Å². The second-order valence-electron chi connectivity index (χ2n) is 6.01. The number of aromatic nitrogens is 1. The molecule has 2 aromatic rings. The van der Waals surface area contributed by atoms with Crippen LogP contribution in [0.3, 0.4) is 0 Å². The summed E-state index contributed by atoms with van der Waals surface area (Å²) in [6, 6.07) is 6.58. The maximum atomic E-state index is 12.2. The van der Waals surface area contributed by atoms with Crippen molar-refractivity contribution >= 4 is 22.8 Å². The number of nitrogens with one attached hydrogen (secondary N) is 2. The molecular formula is C16H20N2O3. The van der Waals surface area contributed by atoms with Crippen molar-refractivity contribution in [3.8, 4) is 0 Å². The van der Waals surface area contributed by atoms with Gasteiger partial charge in [0.1, 0.15) is 11.6 Å². The predicted octanol–water partition coefficient (Wildman–Crippen LogP) is 2.63. The molecular weight excluding hydrogens is 268 g/mol. The highest BCUT2D eigenvalue weighted by atomic mass is 16.6. The average Bonchev–Trinajstić information content (AvgIpc) is 2.83. The molecule has 1 atom stereocenters. The minimum atomic E-state index is -0.698. The summed E-state index contributed by atoms with van der Waals surface area (Å²) in [6.45, 7) is 6.98. The number of ether oxygens (including phenoxy) is 1. The molecule has 21 heavy (non-hydrogen) atoms. The molecule has 112 valence electrons. The number of hydrogen-bond donors (Lipinski definition) is 2. The Labute approximate surface area is 123 Å². The van der Waals surface area contributed by atoms with Crippen LogP contribution in [0.25, 0.3) is 10.9 Å². The van der Waals surface area contributed by atoms with E-state index >= 15 is 0 Å². The van der Waals surface area contributed by atoms with Crippen LogP contribution in [0.5, 0.6) is 0 Å². The number of benzene rings is 1. The first kappa shape index (κ1) is 15.1. The predicted molar refractivity (Wildman–Crippen MR) is 81.1 cm³/mol. The van der Waals surface area contributed by atoms with Gasteiger partial charge in [-0.2, -0.15) is 0 Å². The fourth-order valence-electron chi connectivity index (χ4n) is 1.92. The number of hydrogen-bond acceptors (Lipinski definition) is 3. The molecule has 5 heteroatoms. The molecule has 0 bridgehead atoms. The van der Waals surface area contributed by atoms with Gasteiger partial charge in [-0.25, -0.2) is 4.79 Å². The molecule has 0 spiro atoms. The molecule has 1 aromatic carbocycles. The zero-order valence-corrected chi connectivity index (χ0v) is 12.7. The third-order valence-corrected chi connectivity index (χ3v) is 2.93. The monoisotopic (exact) mass is 288 g/mol. The van der Waals surface area contributed by atoms with Crippen LogP contribution < -0.4 is 5.32 Å². The summed E-state index contributed by atoms with van der Waals surface area (Å²) in [4.78, 5) is 27.1. The summed E-state index contributed by atoms with van der Waals surface area (Å²) in [5.41, 5.74) is 0.812. The molecule has 0 radical (unpaired) electrons. The van der Waals surface area contributed by atoms with Gasteiger partial charge in [-0.15, -0.1) is 0 Å². The summed E-state index contributed by atoms with van der Waals surface area (Å²) >= 11 is 0. The van der Waals surface area contributed by atoms with Crippen molar-refractivity contribution in [3.63, 3.8) is 0 Å². The Balaban J connectivity index is 2.04. The number of esters is 1. The fraction of sp³-hybridized carbons (Fsp3) is 0.375. The van der Waals surface area contributed by atoms with Gasteiger partial charge in [0, 0.05) is 17.3 Å². The van der Waals surface area contributed by atoms with Crippen LogP contribution in [0.1, 0.15) is 38.1 Å². The van der Waals surface area contributed by atoms with Gasteiger partial charge in [0.25, 0.3) is 5.91 Å². The maximum Gasteiger partial charge on any atom is 0.328 e. The number of aromatic amines is 1. The van der Waals surface area contributed by atoms with Crippen LogP contribution in [-0.2, 0) is 9.53 Å². The van der Waals surface area contributed by atoms with Crippen LogP contribution in [0.2, 0.25) is 0 Å². The van der Waals surface area contributed by atoms with Crippen molar-refractivity contribution in [2.45, 2.75) is 39.3 Å². The van der Waals surface area contributed by atoms with Crippen LogP contribution >= 0.6 is 0 Å². The number of amides is 1. The molecule has 0 saturated carbocycles. The number of H-pyrrole nitrogens is 1. The molecule has 1 heterocycles. The quantitative estimate of drug-likeness (QED) is 0.853. The number of carbonyl (C=O) groups excluding carboxylic acids is 2. The molecule has 2 rings (SSSR count).